The molecule has 1 fully saturated rings. The van der Waals surface area contributed by atoms with Gasteiger partial charge in [0.2, 0.25) is 5.95 Å². The molecule has 1 aliphatic rings. The van der Waals surface area contributed by atoms with Gasteiger partial charge in [-0.15, -0.1) is 5.10 Å². The number of oxazole rings is 1. The molecule has 0 radical (unpaired) electrons. The Balaban J connectivity index is 1.70. The zero-order valence-electron chi connectivity index (χ0n) is 12.8. The van der Waals surface area contributed by atoms with Crippen molar-refractivity contribution in [3.63, 3.8) is 0 Å². The minimum Gasteiger partial charge on any atom is -0.437 e. The first-order valence-electron chi connectivity index (χ1n) is 7.43. The second-order valence-corrected chi connectivity index (χ2v) is 5.62. The maximum atomic E-state index is 5.58. The van der Waals surface area contributed by atoms with Crippen LogP contribution in [0.1, 0.15) is 24.4 Å². The van der Waals surface area contributed by atoms with Crippen LogP contribution in [0.25, 0.3) is 11.6 Å². The molecule has 0 aliphatic carbocycles. The number of hydrogen-bond acceptors (Lipinski definition) is 6. The molecule has 3 rings (SSSR count). The van der Waals surface area contributed by atoms with Crippen molar-refractivity contribution in [1.82, 2.24) is 25.5 Å². The fourth-order valence-electron chi connectivity index (χ4n) is 2.87. The second-order valence-electron chi connectivity index (χ2n) is 5.62. The van der Waals surface area contributed by atoms with Gasteiger partial charge in [-0.05, 0) is 39.3 Å². The lowest BCUT2D eigenvalue weighted by molar-refractivity contribution is 0.391. The Morgan fingerprint density at radius 3 is 2.67 bits per heavy atom. The molecule has 0 unspecified atom stereocenters. The van der Waals surface area contributed by atoms with Gasteiger partial charge < -0.3 is 14.6 Å². The van der Waals surface area contributed by atoms with Gasteiger partial charge in [0.05, 0.1) is 5.69 Å². The van der Waals surface area contributed by atoms with Crippen molar-refractivity contribution in [1.29, 1.82) is 0 Å². The molecule has 2 aromatic heterocycles. The molecule has 0 amide bonds. The Kier molecular flexibility index (Phi) is 3.92. The Morgan fingerprint density at radius 1 is 1.29 bits per heavy atom. The minimum absolute atomic E-state index is 0.647. The van der Waals surface area contributed by atoms with Crippen LogP contribution in [0.3, 0.4) is 0 Å². The molecular formula is C14H22N6O. The van der Waals surface area contributed by atoms with Gasteiger partial charge in [-0.2, -0.15) is 4.98 Å². The van der Waals surface area contributed by atoms with Gasteiger partial charge >= 0.3 is 0 Å². The van der Waals surface area contributed by atoms with Gasteiger partial charge in [0.1, 0.15) is 0 Å². The predicted octanol–water partition coefficient (Wildman–Crippen LogP) is 1.51. The molecule has 0 bridgehead atoms. The number of nitrogens with one attached hydrogen (secondary N) is 2. The standard InChI is InChI=1S/C14H22N6O/c1-9-12(21-10(2)16-9)13-17-14(19-18-13)20-6-4-11(5-7-20)8-15-3/h11,15H,4-8H2,1-3H3,(H,17,18,19). The van der Waals surface area contributed by atoms with E-state index in [0.717, 1.165) is 37.2 Å². The van der Waals surface area contributed by atoms with Crippen LogP contribution in [0.2, 0.25) is 0 Å². The molecule has 2 aromatic rings. The number of piperidine rings is 1. The van der Waals surface area contributed by atoms with Crippen molar-refractivity contribution in [3.8, 4) is 11.6 Å². The van der Waals surface area contributed by atoms with E-state index in [-0.39, 0.29) is 0 Å². The summed E-state index contributed by atoms with van der Waals surface area (Å²) in [6.07, 6.45) is 2.34. The van der Waals surface area contributed by atoms with E-state index >= 15 is 0 Å². The van der Waals surface area contributed by atoms with Crippen molar-refractivity contribution >= 4 is 5.95 Å². The van der Waals surface area contributed by atoms with Gasteiger partial charge in [-0.1, -0.05) is 0 Å². The summed E-state index contributed by atoms with van der Waals surface area (Å²) >= 11 is 0. The van der Waals surface area contributed by atoms with Crippen LogP contribution in [0.15, 0.2) is 4.42 Å². The van der Waals surface area contributed by atoms with E-state index in [2.05, 4.69) is 30.4 Å². The lowest BCUT2D eigenvalue weighted by Crippen LogP contribution is -2.37. The van der Waals surface area contributed by atoms with E-state index in [1.165, 1.54) is 12.8 Å². The Hall–Kier alpha value is -1.89. The highest BCUT2D eigenvalue weighted by molar-refractivity contribution is 5.52. The van der Waals surface area contributed by atoms with Crippen LogP contribution in [0, 0.1) is 19.8 Å². The summed E-state index contributed by atoms with van der Waals surface area (Å²) in [6, 6.07) is 0. The highest BCUT2D eigenvalue weighted by atomic mass is 16.4. The lowest BCUT2D eigenvalue weighted by Gasteiger charge is -2.30. The van der Waals surface area contributed by atoms with Crippen molar-refractivity contribution < 1.29 is 4.42 Å². The third-order valence-corrected chi connectivity index (χ3v) is 3.98. The molecule has 0 atom stereocenters. The fraction of sp³-hybridized carbons (Fsp3) is 0.643. The number of aryl methyl sites for hydroxylation is 2. The average molecular weight is 290 g/mol. The van der Waals surface area contributed by atoms with E-state index in [0.29, 0.717) is 17.5 Å². The van der Waals surface area contributed by atoms with Crippen molar-refractivity contribution in [2.75, 3.05) is 31.6 Å². The molecule has 114 valence electrons. The zero-order chi connectivity index (χ0) is 14.8. The molecule has 2 N–H and O–H groups in total. The number of nitrogens with zero attached hydrogens (tertiary/aromatic N) is 4. The molecule has 7 nitrogen and oxygen atoms in total. The van der Waals surface area contributed by atoms with Crippen LogP contribution >= 0.6 is 0 Å². The average Bonchev–Trinajstić information content (AvgIpc) is 3.06. The summed E-state index contributed by atoms with van der Waals surface area (Å²) in [5, 5.41) is 10.5. The van der Waals surface area contributed by atoms with Crippen LogP contribution in [-0.2, 0) is 0 Å². The lowest BCUT2D eigenvalue weighted by atomic mass is 9.97. The smallest absolute Gasteiger partial charge is 0.245 e. The molecule has 1 aliphatic heterocycles. The number of aromatic amines is 1. The number of aromatic nitrogens is 4. The van der Waals surface area contributed by atoms with Crippen LogP contribution in [-0.4, -0.2) is 46.8 Å². The molecule has 0 aromatic carbocycles. The van der Waals surface area contributed by atoms with E-state index in [1.54, 1.807) is 0 Å². The summed E-state index contributed by atoms with van der Waals surface area (Å²) in [5.41, 5.74) is 0.836. The van der Waals surface area contributed by atoms with Gasteiger partial charge in [0.15, 0.2) is 17.5 Å². The molecule has 3 heterocycles. The van der Waals surface area contributed by atoms with Gasteiger partial charge in [-0.25, -0.2) is 4.98 Å². The number of rotatable bonds is 4. The topological polar surface area (TPSA) is 82.9 Å². The molecule has 7 heteroatoms. The summed E-state index contributed by atoms with van der Waals surface area (Å²) < 4.78 is 5.58. The van der Waals surface area contributed by atoms with Crippen molar-refractivity contribution in [2.24, 2.45) is 5.92 Å². The third-order valence-electron chi connectivity index (χ3n) is 3.98. The van der Waals surface area contributed by atoms with E-state index in [1.807, 2.05) is 20.9 Å². The second kappa shape index (κ2) is 5.85. The maximum Gasteiger partial charge on any atom is 0.245 e. The molecule has 0 saturated carbocycles. The maximum absolute atomic E-state index is 5.58. The monoisotopic (exact) mass is 290 g/mol. The van der Waals surface area contributed by atoms with Crippen LogP contribution in [0.5, 0.6) is 0 Å². The Morgan fingerprint density at radius 2 is 2.05 bits per heavy atom. The van der Waals surface area contributed by atoms with Gasteiger partial charge in [0, 0.05) is 20.0 Å². The third kappa shape index (κ3) is 2.92. The number of hydrogen-bond donors (Lipinski definition) is 2. The highest BCUT2D eigenvalue weighted by Gasteiger charge is 2.22. The molecule has 1 saturated heterocycles. The molecular weight excluding hydrogens is 268 g/mol. The SMILES string of the molecule is CNCC1CCN(c2n[nH]c(-c3oc(C)nc3C)n2)CC1. The van der Waals surface area contributed by atoms with Crippen LogP contribution in [0.4, 0.5) is 5.95 Å². The number of anilines is 1. The minimum atomic E-state index is 0.647. The zero-order valence-corrected chi connectivity index (χ0v) is 12.8. The Bertz CT molecular complexity index is 596. The normalized spacial score (nSPS) is 16.6. The summed E-state index contributed by atoms with van der Waals surface area (Å²) in [4.78, 5) is 11.1. The quantitative estimate of drug-likeness (QED) is 0.888. The predicted molar refractivity (Wildman–Crippen MR) is 80.2 cm³/mol. The van der Waals surface area contributed by atoms with E-state index in [9.17, 15) is 0 Å². The van der Waals surface area contributed by atoms with E-state index in [4.69, 9.17) is 4.42 Å². The van der Waals surface area contributed by atoms with Gasteiger partial charge in [0.25, 0.3) is 0 Å². The fourth-order valence-corrected chi connectivity index (χ4v) is 2.87. The molecule has 21 heavy (non-hydrogen) atoms. The first-order valence-corrected chi connectivity index (χ1v) is 7.43. The first-order chi connectivity index (χ1) is 10.2. The van der Waals surface area contributed by atoms with Crippen molar-refractivity contribution in [3.05, 3.63) is 11.6 Å². The summed E-state index contributed by atoms with van der Waals surface area (Å²) in [6.45, 7) is 6.83. The van der Waals surface area contributed by atoms with Crippen molar-refractivity contribution in [2.45, 2.75) is 26.7 Å². The number of H-pyrrole nitrogens is 1. The van der Waals surface area contributed by atoms with E-state index < -0.39 is 0 Å². The first kappa shape index (κ1) is 14.1. The highest BCUT2D eigenvalue weighted by Crippen LogP contribution is 2.24. The Labute approximate surface area is 124 Å². The molecule has 0 spiro atoms. The van der Waals surface area contributed by atoms with Gasteiger partial charge in [-0.3, -0.25) is 5.10 Å². The largest absolute Gasteiger partial charge is 0.437 e. The summed E-state index contributed by atoms with van der Waals surface area (Å²) in [7, 11) is 2.01. The van der Waals surface area contributed by atoms with Crippen LogP contribution < -0.4 is 10.2 Å². The summed E-state index contributed by atoms with van der Waals surface area (Å²) in [5.74, 6) is 3.48.